The van der Waals surface area contributed by atoms with Crippen LogP contribution in [0.5, 0.6) is 5.75 Å². The average molecular weight is 363 g/mol. The quantitative estimate of drug-likeness (QED) is 0.573. The summed E-state index contributed by atoms with van der Waals surface area (Å²) in [4.78, 5) is 3.72. The van der Waals surface area contributed by atoms with Crippen molar-refractivity contribution >= 4 is 28.0 Å². The van der Waals surface area contributed by atoms with Crippen LogP contribution in [0.3, 0.4) is 0 Å². The van der Waals surface area contributed by atoms with Gasteiger partial charge in [0.15, 0.2) is 4.90 Å². The van der Waals surface area contributed by atoms with Crippen molar-refractivity contribution in [2.24, 2.45) is 0 Å². The van der Waals surface area contributed by atoms with Gasteiger partial charge in [0.2, 0.25) is 0 Å². The molecular weight excluding hydrogens is 338 g/mol. The third-order valence-electron chi connectivity index (χ3n) is 4.83. The van der Waals surface area contributed by atoms with Crippen LogP contribution in [0.25, 0.3) is 0 Å². The maximum Gasteiger partial charge on any atom is 0.155 e. The smallest absolute Gasteiger partial charge is 0.155 e. The van der Waals surface area contributed by atoms with E-state index in [0.29, 0.717) is 10.9 Å². The Balaban J connectivity index is 1.68. The van der Waals surface area contributed by atoms with E-state index in [1.54, 1.807) is 12.1 Å². The van der Waals surface area contributed by atoms with Crippen molar-refractivity contribution < 1.29 is 5.11 Å². The first-order valence-electron chi connectivity index (χ1n) is 9.23. The minimum Gasteiger partial charge on any atom is -0.508 e. The summed E-state index contributed by atoms with van der Waals surface area (Å²) >= 11 is 0. The summed E-state index contributed by atoms with van der Waals surface area (Å²) in [6.45, 7) is 0. The van der Waals surface area contributed by atoms with Crippen molar-refractivity contribution in [3.8, 4) is 5.75 Å². The number of benzene rings is 3. The molecule has 0 atom stereocenters. The molecule has 3 heteroatoms. The molecule has 0 radical (unpaired) electrons. The van der Waals surface area contributed by atoms with Crippen LogP contribution in [0.15, 0.2) is 83.8 Å². The van der Waals surface area contributed by atoms with Gasteiger partial charge in [-0.05, 0) is 79.9 Å². The van der Waals surface area contributed by atoms with Gasteiger partial charge in [0, 0.05) is 28.0 Å². The van der Waals surface area contributed by atoms with Gasteiger partial charge in [-0.1, -0.05) is 18.2 Å². The molecule has 0 saturated carbocycles. The lowest BCUT2D eigenvalue weighted by molar-refractivity contribution is 0.475. The number of hydrogen-bond donors (Lipinski definition) is 1. The molecule has 1 N–H and O–H groups in total. The van der Waals surface area contributed by atoms with Crippen molar-refractivity contribution in [1.82, 2.24) is 0 Å². The molecule has 0 aliphatic carbocycles. The summed E-state index contributed by atoms with van der Waals surface area (Å²) in [6.07, 6.45) is 4.13. The number of aromatic hydroxyl groups is 1. The molecule has 1 heterocycles. The van der Waals surface area contributed by atoms with Crippen LogP contribution in [-0.2, 0) is 10.9 Å². The summed E-state index contributed by atoms with van der Waals surface area (Å²) < 4.78 is 0. The van der Waals surface area contributed by atoms with Gasteiger partial charge in [-0.25, -0.2) is 0 Å². The largest absolute Gasteiger partial charge is 0.508 e. The average Bonchev–Trinajstić information content (AvgIpc) is 2.72. The van der Waals surface area contributed by atoms with Gasteiger partial charge in [-0.15, -0.1) is 0 Å². The standard InChI is InChI=1S/C23H23NOS/c25-22-13-9-20(10-14-22)24(19-7-3-1-4-8-19)21-11-15-23(16-12-21)26-17-5-2-6-18-26/h1,3-4,7-16H,2,5-6,17-18H2/p+1. The Morgan fingerprint density at radius 2 is 1.15 bits per heavy atom. The molecule has 1 fully saturated rings. The van der Waals surface area contributed by atoms with Gasteiger partial charge in [-0.3, -0.25) is 0 Å². The normalized spacial score (nSPS) is 14.9. The fourth-order valence-corrected chi connectivity index (χ4v) is 5.78. The van der Waals surface area contributed by atoms with Crippen LogP contribution >= 0.6 is 0 Å². The molecule has 132 valence electrons. The molecule has 4 rings (SSSR count). The van der Waals surface area contributed by atoms with Crippen molar-refractivity contribution in [3.05, 3.63) is 78.9 Å². The van der Waals surface area contributed by atoms with Gasteiger partial charge >= 0.3 is 0 Å². The van der Waals surface area contributed by atoms with Crippen molar-refractivity contribution in [1.29, 1.82) is 0 Å². The summed E-state index contributed by atoms with van der Waals surface area (Å²) in [6, 6.07) is 26.8. The van der Waals surface area contributed by atoms with Crippen LogP contribution in [0.4, 0.5) is 17.1 Å². The number of anilines is 3. The van der Waals surface area contributed by atoms with Crippen molar-refractivity contribution in [2.45, 2.75) is 24.2 Å². The van der Waals surface area contributed by atoms with E-state index in [0.717, 1.165) is 17.1 Å². The molecule has 0 bridgehead atoms. The maximum atomic E-state index is 9.64. The lowest BCUT2D eigenvalue weighted by Crippen LogP contribution is -2.17. The molecular formula is C23H24NOS+. The summed E-state index contributed by atoms with van der Waals surface area (Å²) in [7, 11) is 0.427. The highest BCUT2D eigenvalue weighted by atomic mass is 32.2. The highest BCUT2D eigenvalue weighted by Gasteiger charge is 2.24. The highest BCUT2D eigenvalue weighted by Crippen LogP contribution is 2.35. The zero-order valence-electron chi connectivity index (χ0n) is 14.8. The molecule has 26 heavy (non-hydrogen) atoms. The predicted octanol–water partition coefficient (Wildman–Crippen LogP) is 6.02. The Kier molecular flexibility index (Phi) is 5.16. The number of phenolic OH excluding ortho intramolecular Hbond substituents is 1. The first-order valence-corrected chi connectivity index (χ1v) is 10.8. The zero-order valence-corrected chi connectivity index (χ0v) is 15.7. The van der Waals surface area contributed by atoms with E-state index in [1.807, 2.05) is 18.2 Å². The van der Waals surface area contributed by atoms with E-state index in [9.17, 15) is 5.11 Å². The highest BCUT2D eigenvalue weighted by molar-refractivity contribution is 7.96. The second-order valence-corrected chi connectivity index (χ2v) is 8.92. The number of rotatable bonds is 4. The summed E-state index contributed by atoms with van der Waals surface area (Å²) in [5, 5.41) is 9.64. The van der Waals surface area contributed by atoms with E-state index < -0.39 is 0 Å². The fourth-order valence-electron chi connectivity index (χ4n) is 3.48. The summed E-state index contributed by atoms with van der Waals surface area (Å²) in [5.74, 6) is 2.98. The first-order chi connectivity index (χ1) is 12.8. The monoisotopic (exact) mass is 362 g/mol. The van der Waals surface area contributed by atoms with E-state index in [2.05, 4.69) is 53.4 Å². The van der Waals surface area contributed by atoms with Crippen LogP contribution in [0.2, 0.25) is 0 Å². The molecule has 0 spiro atoms. The topological polar surface area (TPSA) is 23.5 Å². The van der Waals surface area contributed by atoms with Crippen LogP contribution in [-0.4, -0.2) is 16.6 Å². The molecule has 2 nitrogen and oxygen atoms in total. The Labute approximate surface area is 158 Å². The van der Waals surface area contributed by atoms with Gasteiger partial charge < -0.3 is 10.0 Å². The predicted molar refractivity (Wildman–Crippen MR) is 112 cm³/mol. The van der Waals surface area contributed by atoms with E-state index in [-0.39, 0.29) is 5.75 Å². The van der Waals surface area contributed by atoms with Crippen LogP contribution < -0.4 is 4.90 Å². The molecule has 1 aliphatic rings. The lowest BCUT2D eigenvalue weighted by Gasteiger charge is -2.25. The van der Waals surface area contributed by atoms with Crippen molar-refractivity contribution in [3.63, 3.8) is 0 Å². The maximum absolute atomic E-state index is 9.64. The van der Waals surface area contributed by atoms with Crippen LogP contribution in [0.1, 0.15) is 19.3 Å². The summed E-state index contributed by atoms with van der Waals surface area (Å²) in [5.41, 5.74) is 3.30. The van der Waals surface area contributed by atoms with E-state index >= 15 is 0 Å². The number of phenols is 1. The minimum atomic E-state index is 0.288. The fraction of sp³-hybridized carbons (Fsp3) is 0.217. The zero-order chi connectivity index (χ0) is 17.8. The number of nitrogens with zero attached hydrogens (tertiary/aromatic N) is 1. The Bertz CT molecular complexity index is 824. The molecule has 3 aromatic rings. The molecule has 0 unspecified atom stereocenters. The molecule has 0 aromatic heterocycles. The molecule has 1 aliphatic heterocycles. The van der Waals surface area contributed by atoms with Gasteiger partial charge in [0.1, 0.15) is 17.3 Å². The number of hydrogen-bond acceptors (Lipinski definition) is 2. The molecule has 0 amide bonds. The Morgan fingerprint density at radius 3 is 1.77 bits per heavy atom. The van der Waals surface area contributed by atoms with E-state index in [4.69, 9.17) is 0 Å². The molecule has 1 saturated heterocycles. The second-order valence-electron chi connectivity index (χ2n) is 6.64. The van der Waals surface area contributed by atoms with E-state index in [1.165, 1.54) is 35.7 Å². The van der Waals surface area contributed by atoms with Crippen molar-refractivity contribution in [2.75, 3.05) is 16.4 Å². The SMILES string of the molecule is Oc1ccc(N(c2ccccc2)c2ccc([S+]3CCCCC3)cc2)cc1. The first kappa shape index (κ1) is 17.0. The van der Waals surface area contributed by atoms with Gasteiger partial charge in [0.25, 0.3) is 0 Å². The minimum absolute atomic E-state index is 0.288. The Morgan fingerprint density at radius 1 is 0.615 bits per heavy atom. The second kappa shape index (κ2) is 7.88. The third kappa shape index (κ3) is 3.73. The molecule has 3 aromatic carbocycles. The Hall–Kier alpha value is -2.39. The number of para-hydroxylation sites is 1. The van der Waals surface area contributed by atoms with Crippen LogP contribution in [0, 0.1) is 0 Å². The third-order valence-corrected chi connectivity index (χ3v) is 7.33. The lowest BCUT2D eigenvalue weighted by atomic mass is 10.2. The van der Waals surface area contributed by atoms with Gasteiger partial charge in [0.05, 0.1) is 0 Å². The van der Waals surface area contributed by atoms with Gasteiger partial charge in [-0.2, -0.15) is 0 Å².